The average Bonchev–Trinajstić information content (AvgIpc) is 2.48. The second kappa shape index (κ2) is 3.12. The Labute approximate surface area is 84.7 Å². The molecule has 0 bridgehead atoms. The number of nitrogens with two attached hydrogens (primary N) is 1. The first-order valence-corrected chi connectivity index (χ1v) is 4.84. The van der Waals surface area contributed by atoms with Crippen molar-refractivity contribution in [1.82, 2.24) is 9.38 Å². The summed E-state index contributed by atoms with van der Waals surface area (Å²) in [6, 6.07) is 2.03. The molecule has 4 heteroatoms. The number of aromatic nitrogens is 2. The van der Waals surface area contributed by atoms with Crippen LogP contribution in [0.25, 0.3) is 5.65 Å². The molecule has 0 aliphatic carbocycles. The zero-order valence-corrected chi connectivity index (χ0v) is 8.87. The Balaban J connectivity index is 2.70. The number of hydrogen-bond acceptors (Lipinski definition) is 2. The zero-order valence-electron chi connectivity index (χ0n) is 7.29. The lowest BCUT2D eigenvalue weighted by molar-refractivity contribution is 1.01. The van der Waals surface area contributed by atoms with Gasteiger partial charge in [-0.2, -0.15) is 0 Å². The van der Waals surface area contributed by atoms with Crippen molar-refractivity contribution in [2.24, 2.45) is 5.73 Å². The second-order valence-electron chi connectivity index (χ2n) is 3.01. The van der Waals surface area contributed by atoms with Gasteiger partial charge < -0.3 is 10.1 Å². The fraction of sp³-hybridized carbons (Fsp3) is 0.222. The van der Waals surface area contributed by atoms with Crippen LogP contribution < -0.4 is 5.73 Å². The van der Waals surface area contributed by atoms with E-state index in [9.17, 15) is 0 Å². The van der Waals surface area contributed by atoms with Crippen molar-refractivity contribution in [3.63, 3.8) is 0 Å². The fourth-order valence-corrected chi connectivity index (χ4v) is 1.59. The molecule has 0 spiro atoms. The van der Waals surface area contributed by atoms with Crippen LogP contribution in [0.4, 0.5) is 0 Å². The van der Waals surface area contributed by atoms with Crippen LogP contribution in [0, 0.1) is 6.92 Å². The zero-order chi connectivity index (χ0) is 9.42. The molecule has 2 aromatic heterocycles. The van der Waals surface area contributed by atoms with E-state index < -0.39 is 0 Å². The molecule has 68 valence electrons. The van der Waals surface area contributed by atoms with Crippen LogP contribution in [0.15, 0.2) is 22.9 Å². The van der Waals surface area contributed by atoms with Crippen LogP contribution in [0.1, 0.15) is 11.3 Å². The standard InChI is InChI=1S/C9H10BrN3/c1-6-2-9-12-7(3-11)4-13(9)5-8(6)10/h2,4-5H,3,11H2,1H3. The molecule has 0 aliphatic heterocycles. The maximum Gasteiger partial charge on any atom is 0.137 e. The Kier molecular flexibility index (Phi) is 2.09. The first-order valence-electron chi connectivity index (χ1n) is 4.04. The molecule has 2 heterocycles. The predicted molar refractivity (Wildman–Crippen MR) is 55.5 cm³/mol. The molecule has 0 aromatic carbocycles. The topological polar surface area (TPSA) is 43.3 Å². The van der Waals surface area contributed by atoms with Gasteiger partial charge in [0.05, 0.1) is 5.69 Å². The summed E-state index contributed by atoms with van der Waals surface area (Å²) in [5.41, 5.74) is 8.54. The lowest BCUT2D eigenvalue weighted by atomic mass is 10.3. The van der Waals surface area contributed by atoms with Crippen molar-refractivity contribution >= 4 is 21.6 Å². The van der Waals surface area contributed by atoms with Gasteiger partial charge >= 0.3 is 0 Å². The number of fused-ring (bicyclic) bond motifs is 1. The van der Waals surface area contributed by atoms with Gasteiger partial charge in [0.15, 0.2) is 0 Å². The van der Waals surface area contributed by atoms with Gasteiger partial charge in [0.25, 0.3) is 0 Å². The molecule has 0 saturated heterocycles. The van der Waals surface area contributed by atoms with E-state index in [1.54, 1.807) is 0 Å². The van der Waals surface area contributed by atoms with Gasteiger partial charge in [0, 0.05) is 23.4 Å². The number of aryl methyl sites for hydroxylation is 1. The van der Waals surface area contributed by atoms with Crippen molar-refractivity contribution in [2.45, 2.75) is 13.5 Å². The molecule has 0 saturated carbocycles. The summed E-state index contributed by atoms with van der Waals surface area (Å²) < 4.78 is 3.06. The lowest BCUT2D eigenvalue weighted by Gasteiger charge is -1.98. The van der Waals surface area contributed by atoms with Crippen molar-refractivity contribution < 1.29 is 0 Å². The van der Waals surface area contributed by atoms with E-state index in [2.05, 4.69) is 20.9 Å². The Morgan fingerprint density at radius 2 is 2.31 bits per heavy atom. The highest BCUT2D eigenvalue weighted by Gasteiger charge is 2.02. The first kappa shape index (κ1) is 8.72. The Bertz CT molecular complexity index is 408. The number of nitrogens with zero attached hydrogens (tertiary/aromatic N) is 2. The largest absolute Gasteiger partial charge is 0.325 e. The van der Waals surface area contributed by atoms with Crippen molar-refractivity contribution in [2.75, 3.05) is 0 Å². The van der Waals surface area contributed by atoms with Crippen LogP contribution in [0.2, 0.25) is 0 Å². The molecule has 0 unspecified atom stereocenters. The minimum Gasteiger partial charge on any atom is -0.325 e. The van der Waals surface area contributed by atoms with Gasteiger partial charge in [-0.15, -0.1) is 0 Å². The third-order valence-corrected chi connectivity index (χ3v) is 2.82. The molecule has 2 rings (SSSR count). The molecular formula is C9H10BrN3. The molecule has 3 nitrogen and oxygen atoms in total. The summed E-state index contributed by atoms with van der Waals surface area (Å²) >= 11 is 3.47. The summed E-state index contributed by atoms with van der Waals surface area (Å²) in [6.07, 6.45) is 3.94. The van der Waals surface area contributed by atoms with Gasteiger partial charge in [-0.05, 0) is 34.5 Å². The molecule has 0 radical (unpaired) electrons. The maximum absolute atomic E-state index is 5.50. The van der Waals surface area contributed by atoms with E-state index in [1.807, 2.05) is 29.8 Å². The lowest BCUT2D eigenvalue weighted by Crippen LogP contribution is -1.95. The van der Waals surface area contributed by atoms with E-state index in [-0.39, 0.29) is 0 Å². The highest BCUT2D eigenvalue weighted by molar-refractivity contribution is 9.10. The van der Waals surface area contributed by atoms with Crippen molar-refractivity contribution in [3.8, 4) is 0 Å². The molecule has 2 aromatic rings. The van der Waals surface area contributed by atoms with E-state index in [4.69, 9.17) is 5.73 Å². The SMILES string of the molecule is Cc1cc2nc(CN)cn2cc1Br. The summed E-state index contributed by atoms with van der Waals surface area (Å²) in [7, 11) is 0. The van der Waals surface area contributed by atoms with Crippen LogP contribution in [-0.2, 0) is 6.54 Å². The molecular weight excluding hydrogens is 230 g/mol. The van der Waals surface area contributed by atoms with Gasteiger partial charge in [0.2, 0.25) is 0 Å². The van der Waals surface area contributed by atoms with Crippen molar-refractivity contribution in [3.05, 3.63) is 34.2 Å². The normalized spacial score (nSPS) is 11.0. The number of imidazole rings is 1. The van der Waals surface area contributed by atoms with Crippen LogP contribution in [-0.4, -0.2) is 9.38 Å². The highest BCUT2D eigenvalue weighted by atomic mass is 79.9. The summed E-state index contributed by atoms with van der Waals surface area (Å²) in [5.74, 6) is 0. The average molecular weight is 240 g/mol. The minimum atomic E-state index is 0.484. The molecule has 0 aliphatic rings. The first-order chi connectivity index (χ1) is 6.20. The molecule has 2 N–H and O–H groups in total. The predicted octanol–water partition coefficient (Wildman–Crippen LogP) is 1.86. The summed E-state index contributed by atoms with van der Waals surface area (Å²) in [6.45, 7) is 2.53. The Morgan fingerprint density at radius 3 is 3.00 bits per heavy atom. The summed E-state index contributed by atoms with van der Waals surface area (Å²) in [5, 5.41) is 0. The molecule has 0 fully saturated rings. The molecule has 0 amide bonds. The highest BCUT2D eigenvalue weighted by Crippen LogP contribution is 2.17. The number of hydrogen-bond donors (Lipinski definition) is 1. The van der Waals surface area contributed by atoms with Crippen LogP contribution >= 0.6 is 15.9 Å². The van der Waals surface area contributed by atoms with E-state index in [0.717, 1.165) is 15.8 Å². The van der Waals surface area contributed by atoms with Gasteiger partial charge in [0.1, 0.15) is 5.65 Å². The Hall–Kier alpha value is -0.870. The number of halogens is 1. The van der Waals surface area contributed by atoms with E-state index in [0.29, 0.717) is 6.54 Å². The van der Waals surface area contributed by atoms with Gasteiger partial charge in [-0.1, -0.05) is 0 Å². The van der Waals surface area contributed by atoms with Gasteiger partial charge in [-0.3, -0.25) is 0 Å². The van der Waals surface area contributed by atoms with Crippen LogP contribution in [0.5, 0.6) is 0 Å². The second-order valence-corrected chi connectivity index (χ2v) is 3.86. The molecule has 0 atom stereocenters. The summed E-state index contributed by atoms with van der Waals surface area (Å²) in [4.78, 5) is 4.35. The number of rotatable bonds is 1. The third kappa shape index (κ3) is 1.47. The van der Waals surface area contributed by atoms with Gasteiger partial charge in [-0.25, -0.2) is 4.98 Å². The third-order valence-electron chi connectivity index (χ3n) is 1.99. The smallest absolute Gasteiger partial charge is 0.137 e. The van der Waals surface area contributed by atoms with Crippen molar-refractivity contribution in [1.29, 1.82) is 0 Å². The minimum absolute atomic E-state index is 0.484. The van der Waals surface area contributed by atoms with Crippen LogP contribution in [0.3, 0.4) is 0 Å². The van der Waals surface area contributed by atoms with E-state index in [1.165, 1.54) is 5.56 Å². The van der Waals surface area contributed by atoms with E-state index >= 15 is 0 Å². The quantitative estimate of drug-likeness (QED) is 0.826. The fourth-order valence-electron chi connectivity index (χ4n) is 1.26. The maximum atomic E-state index is 5.50. The molecule has 13 heavy (non-hydrogen) atoms. The Morgan fingerprint density at radius 1 is 1.54 bits per heavy atom. The number of pyridine rings is 1. The monoisotopic (exact) mass is 239 g/mol.